The zero-order valence-electron chi connectivity index (χ0n) is 23.2. The summed E-state index contributed by atoms with van der Waals surface area (Å²) in [6, 6.07) is 8.42. The van der Waals surface area contributed by atoms with Crippen molar-refractivity contribution in [3.05, 3.63) is 88.1 Å². The maximum absolute atomic E-state index is 13.3. The van der Waals surface area contributed by atoms with Crippen LogP contribution in [0, 0.1) is 0 Å². The number of carbonyl (C=O) groups is 2. The molecular weight excluding hydrogens is 488 g/mol. The van der Waals surface area contributed by atoms with Gasteiger partial charge in [0, 0.05) is 63.7 Å². The Morgan fingerprint density at radius 1 is 1.18 bits per heavy atom. The Kier molecular flexibility index (Phi) is 6.53. The number of hydrogen-bond donors (Lipinski definition) is 2. The van der Waals surface area contributed by atoms with Crippen LogP contribution in [0.3, 0.4) is 0 Å². The van der Waals surface area contributed by atoms with E-state index in [2.05, 4.69) is 58.5 Å². The first kappa shape index (κ1) is 25.4. The predicted octanol–water partition coefficient (Wildman–Crippen LogP) is 2.51. The van der Waals surface area contributed by atoms with Crippen molar-refractivity contribution in [2.75, 3.05) is 40.8 Å². The lowest BCUT2D eigenvalue weighted by molar-refractivity contribution is -0.386. The van der Waals surface area contributed by atoms with E-state index in [1.165, 1.54) is 11.3 Å². The number of likely N-dealkylation sites (N-methyl/N-ethyl adjacent to an activating group) is 1. The van der Waals surface area contributed by atoms with E-state index < -0.39 is 0 Å². The quantitative estimate of drug-likeness (QED) is 0.576. The largest absolute Gasteiger partial charge is 0.432 e. The third kappa shape index (κ3) is 4.44. The van der Waals surface area contributed by atoms with E-state index in [1.54, 1.807) is 23.6 Å². The number of amides is 2. The zero-order valence-corrected chi connectivity index (χ0v) is 23.2. The molecule has 5 aliphatic rings. The molecule has 0 saturated carbocycles. The van der Waals surface area contributed by atoms with Gasteiger partial charge in [-0.3, -0.25) is 9.69 Å². The summed E-state index contributed by atoms with van der Waals surface area (Å²) >= 11 is 0. The van der Waals surface area contributed by atoms with Gasteiger partial charge in [-0.15, -0.1) is 0 Å². The lowest BCUT2D eigenvalue weighted by Gasteiger charge is -2.39. The summed E-state index contributed by atoms with van der Waals surface area (Å²) in [5.41, 5.74) is 7.06. The fourth-order valence-corrected chi connectivity index (χ4v) is 6.44. The Bertz CT molecular complexity index is 1390. The molecule has 0 spiro atoms. The number of carbonyl (C=O) groups excluding carboxylic acids is 2. The second kappa shape index (κ2) is 10.0. The van der Waals surface area contributed by atoms with Gasteiger partial charge in [0.25, 0.3) is 5.91 Å². The van der Waals surface area contributed by atoms with E-state index >= 15 is 0 Å². The molecule has 2 amide bonds. The highest BCUT2D eigenvalue weighted by Crippen LogP contribution is 2.36. The van der Waals surface area contributed by atoms with Crippen molar-refractivity contribution >= 4 is 17.7 Å². The van der Waals surface area contributed by atoms with Crippen LogP contribution >= 0.6 is 0 Å². The highest BCUT2D eigenvalue weighted by atomic mass is 16.2. The van der Waals surface area contributed by atoms with Crippen molar-refractivity contribution in [2.45, 2.75) is 44.3 Å². The molecule has 6 rings (SSSR count). The first-order valence-corrected chi connectivity index (χ1v) is 13.9. The Morgan fingerprint density at radius 2 is 1.92 bits per heavy atom. The van der Waals surface area contributed by atoms with E-state index in [1.807, 2.05) is 30.5 Å². The molecule has 1 saturated heterocycles. The molecule has 0 aromatic heterocycles. The molecule has 1 fully saturated rings. The minimum Gasteiger partial charge on any atom is -0.383 e. The summed E-state index contributed by atoms with van der Waals surface area (Å²) < 4.78 is 1.69. The van der Waals surface area contributed by atoms with E-state index in [0.29, 0.717) is 5.92 Å². The van der Waals surface area contributed by atoms with Crippen LogP contribution < -0.4 is 10.6 Å². The molecule has 8 heteroatoms. The summed E-state index contributed by atoms with van der Waals surface area (Å²) in [5.74, 6) is 3.77. The molecule has 2 N–H and O–H groups in total. The minimum atomic E-state index is -0.00457. The van der Waals surface area contributed by atoms with Gasteiger partial charge in [-0.05, 0) is 62.5 Å². The molecule has 5 heterocycles. The number of hydrogen-bond acceptors (Lipinski definition) is 6. The number of likely N-dealkylation sites (tertiary alicyclic amines) is 1. The Balaban J connectivity index is 1.17. The summed E-state index contributed by atoms with van der Waals surface area (Å²) in [4.78, 5) is 32.0. The molecule has 2 atom stereocenters. The van der Waals surface area contributed by atoms with Crippen LogP contribution in [0.15, 0.2) is 76.9 Å². The van der Waals surface area contributed by atoms with Crippen LogP contribution in [0.25, 0.3) is 0 Å². The first-order valence-electron chi connectivity index (χ1n) is 13.9. The number of nitrogens with one attached hydrogen (secondary N) is 2. The van der Waals surface area contributed by atoms with Gasteiger partial charge >= 0.3 is 5.91 Å². The molecule has 2 unspecified atom stereocenters. The number of piperidine rings is 1. The van der Waals surface area contributed by atoms with Gasteiger partial charge in [-0.2, -0.15) is 0 Å². The number of rotatable bonds is 5. The van der Waals surface area contributed by atoms with Crippen LogP contribution in [0.1, 0.15) is 48.0 Å². The van der Waals surface area contributed by atoms with Gasteiger partial charge in [0.05, 0.1) is 22.9 Å². The molecule has 1 aromatic rings. The Morgan fingerprint density at radius 3 is 2.64 bits per heavy atom. The molecule has 5 aliphatic heterocycles. The van der Waals surface area contributed by atoms with Crippen LogP contribution in [-0.4, -0.2) is 89.9 Å². The number of nitrogens with zero attached hydrogens (tertiary/aromatic N) is 4. The van der Waals surface area contributed by atoms with Gasteiger partial charge in [0.1, 0.15) is 6.17 Å². The van der Waals surface area contributed by atoms with Gasteiger partial charge in [0.15, 0.2) is 5.87 Å². The molecule has 0 aliphatic carbocycles. The summed E-state index contributed by atoms with van der Waals surface area (Å²) in [7, 11) is 5.70. The number of benzene rings is 1. The second-order valence-electron chi connectivity index (χ2n) is 11.2. The van der Waals surface area contributed by atoms with E-state index in [4.69, 9.17) is 0 Å². The maximum Gasteiger partial charge on any atom is 0.432 e. The van der Waals surface area contributed by atoms with Gasteiger partial charge < -0.3 is 20.4 Å². The maximum atomic E-state index is 13.3. The minimum absolute atomic E-state index is 0.00457. The normalized spacial score (nSPS) is 23.7. The lowest BCUT2D eigenvalue weighted by atomic mass is 9.88. The number of allylic oxidation sites excluding steroid dienone is 2. The Labute approximate surface area is 230 Å². The zero-order chi connectivity index (χ0) is 27.3. The summed E-state index contributed by atoms with van der Waals surface area (Å²) in [5, 5.41) is 6.76. The van der Waals surface area contributed by atoms with E-state index in [0.717, 1.165) is 67.0 Å². The van der Waals surface area contributed by atoms with E-state index in [-0.39, 0.29) is 24.0 Å². The van der Waals surface area contributed by atoms with Crippen molar-refractivity contribution in [1.29, 1.82) is 0 Å². The van der Waals surface area contributed by atoms with Crippen molar-refractivity contribution < 1.29 is 14.2 Å². The van der Waals surface area contributed by atoms with Crippen LogP contribution in [0.2, 0.25) is 0 Å². The van der Waals surface area contributed by atoms with Gasteiger partial charge in [-0.25, -0.2) is 4.79 Å². The molecule has 8 nitrogen and oxygen atoms in total. The fourth-order valence-electron chi connectivity index (χ4n) is 6.44. The first-order chi connectivity index (χ1) is 18.8. The van der Waals surface area contributed by atoms with Crippen molar-refractivity contribution in [3.63, 3.8) is 0 Å². The lowest BCUT2D eigenvalue weighted by Crippen LogP contribution is -2.46. The third-order valence-corrected chi connectivity index (χ3v) is 8.78. The Hall–Kier alpha value is -3.87. The van der Waals surface area contributed by atoms with Crippen LogP contribution in [0.4, 0.5) is 0 Å². The molecule has 1 aromatic carbocycles. The topological polar surface area (TPSA) is 70.9 Å². The SMILES string of the molecule is CC(C1=CC2=C([N+]3=C=CC4=C(CCN4)C3=O)C=CNC2N1C)N1CCC(c2ccc(C(=O)N(C)C)cc2)CC1. The average molecular weight is 526 g/mol. The summed E-state index contributed by atoms with van der Waals surface area (Å²) in [6.07, 6.45) is 11.0. The monoisotopic (exact) mass is 525 g/mol. The van der Waals surface area contributed by atoms with E-state index in [9.17, 15) is 9.59 Å². The fraction of sp³-hybridized carbons (Fsp3) is 0.419. The molecule has 0 radical (unpaired) electrons. The molecular formula is C31H37N6O2+. The molecule has 39 heavy (non-hydrogen) atoms. The average Bonchev–Trinajstić information content (AvgIpc) is 3.58. The van der Waals surface area contributed by atoms with Crippen molar-refractivity contribution in [1.82, 2.24) is 25.3 Å². The van der Waals surface area contributed by atoms with Crippen LogP contribution in [-0.2, 0) is 4.79 Å². The predicted molar refractivity (Wildman–Crippen MR) is 151 cm³/mol. The van der Waals surface area contributed by atoms with Crippen molar-refractivity contribution in [2.24, 2.45) is 0 Å². The number of fused-ring (bicyclic) bond motifs is 1. The number of dihydropyridines is 1. The highest BCUT2D eigenvalue weighted by molar-refractivity contribution is 5.94. The van der Waals surface area contributed by atoms with Gasteiger partial charge in [0.2, 0.25) is 5.70 Å². The third-order valence-electron chi connectivity index (χ3n) is 8.78. The highest BCUT2D eigenvalue weighted by Gasteiger charge is 2.41. The van der Waals surface area contributed by atoms with Crippen molar-refractivity contribution in [3.8, 4) is 0 Å². The standard InChI is InChI=1S/C31H36N6O2/c1-20(36-16-11-22(12-17-36)21-5-7-23(8-6-21)30(38)34(2)3)28-19-25-27(10-15-33-29(25)35(28)4)37-18-13-26-24(31(37)39)9-14-32-26/h5-8,10,13,15,19-20,22,29,33H,9,11-12,14,16-17H2,1-4H3/p+1. The molecule has 0 bridgehead atoms. The molecule has 202 valence electrons. The smallest absolute Gasteiger partial charge is 0.383 e. The summed E-state index contributed by atoms with van der Waals surface area (Å²) in [6.45, 7) is 5.12. The second-order valence-corrected chi connectivity index (χ2v) is 11.2. The van der Waals surface area contributed by atoms with Crippen LogP contribution in [0.5, 0.6) is 0 Å². The van der Waals surface area contributed by atoms with Gasteiger partial charge in [-0.1, -0.05) is 16.7 Å².